The summed E-state index contributed by atoms with van der Waals surface area (Å²) in [6.07, 6.45) is 0. The second kappa shape index (κ2) is 9.01. The number of carbonyl (C=O) groups excluding carboxylic acids is 1. The minimum atomic E-state index is -0.495. The van der Waals surface area contributed by atoms with E-state index in [-0.39, 0.29) is 18.1 Å². The molecule has 0 aliphatic rings. The smallest absolute Gasteiger partial charge is 0.271 e. The van der Waals surface area contributed by atoms with Crippen molar-refractivity contribution in [3.05, 3.63) is 88.5 Å². The predicted octanol–water partition coefficient (Wildman–Crippen LogP) is 4.26. The lowest BCUT2D eigenvalue weighted by Gasteiger charge is -2.14. The van der Waals surface area contributed by atoms with Gasteiger partial charge in [-0.1, -0.05) is 24.3 Å². The van der Waals surface area contributed by atoms with Crippen LogP contribution in [0.2, 0.25) is 0 Å². The van der Waals surface area contributed by atoms with Crippen molar-refractivity contribution in [1.29, 1.82) is 5.26 Å². The number of anilines is 4. The highest BCUT2D eigenvalue weighted by molar-refractivity contribution is 5.94. The largest absolute Gasteiger partial charge is 0.374 e. The van der Waals surface area contributed by atoms with Crippen molar-refractivity contribution < 1.29 is 9.72 Å². The summed E-state index contributed by atoms with van der Waals surface area (Å²) in [5.74, 6) is -0.350. The summed E-state index contributed by atoms with van der Waals surface area (Å²) in [5.41, 5.74) is 2.67. The van der Waals surface area contributed by atoms with Gasteiger partial charge < -0.3 is 16.0 Å². The second-order valence-corrected chi connectivity index (χ2v) is 6.07. The molecule has 3 aromatic rings. The third-order valence-electron chi connectivity index (χ3n) is 3.98. The maximum atomic E-state index is 12.3. The molecule has 0 aliphatic heterocycles. The van der Waals surface area contributed by atoms with Gasteiger partial charge in [0.05, 0.1) is 34.5 Å². The molecule has 0 atom stereocenters. The van der Waals surface area contributed by atoms with Gasteiger partial charge in [-0.2, -0.15) is 5.26 Å². The highest BCUT2D eigenvalue weighted by atomic mass is 16.6. The van der Waals surface area contributed by atoms with E-state index in [4.69, 9.17) is 5.26 Å². The van der Waals surface area contributed by atoms with Crippen molar-refractivity contribution in [2.24, 2.45) is 0 Å². The number of rotatable bonds is 7. The Morgan fingerprint density at radius 2 is 1.72 bits per heavy atom. The summed E-state index contributed by atoms with van der Waals surface area (Å²) in [5, 5.41) is 28.8. The number of nitrogens with one attached hydrogen (secondary N) is 3. The van der Waals surface area contributed by atoms with E-state index in [0.29, 0.717) is 22.6 Å². The summed E-state index contributed by atoms with van der Waals surface area (Å²) >= 11 is 0. The Labute approximate surface area is 166 Å². The first-order valence-corrected chi connectivity index (χ1v) is 8.69. The minimum Gasteiger partial charge on any atom is -0.374 e. The SMILES string of the molecule is N#Cc1cccc(NC(=O)CNc2cc([N+](=O)[O-])ccc2Nc2ccccc2)c1. The molecule has 144 valence electrons. The van der Waals surface area contributed by atoms with Crippen LogP contribution < -0.4 is 16.0 Å². The van der Waals surface area contributed by atoms with Gasteiger partial charge in [-0.3, -0.25) is 14.9 Å². The number of nitro groups is 1. The number of hydrogen-bond acceptors (Lipinski definition) is 6. The first kappa shape index (κ1) is 19.4. The highest BCUT2D eigenvalue weighted by Crippen LogP contribution is 2.29. The summed E-state index contributed by atoms with van der Waals surface area (Å²) < 4.78 is 0. The monoisotopic (exact) mass is 387 g/mol. The molecule has 0 fully saturated rings. The van der Waals surface area contributed by atoms with Gasteiger partial charge in [0.1, 0.15) is 0 Å². The Morgan fingerprint density at radius 3 is 2.45 bits per heavy atom. The predicted molar refractivity (Wildman–Crippen MR) is 111 cm³/mol. The number of benzene rings is 3. The van der Waals surface area contributed by atoms with Gasteiger partial charge in [0, 0.05) is 23.5 Å². The van der Waals surface area contributed by atoms with Crippen LogP contribution in [-0.4, -0.2) is 17.4 Å². The Bertz CT molecular complexity index is 1080. The number of nitriles is 1. The van der Waals surface area contributed by atoms with Crippen LogP contribution in [0.15, 0.2) is 72.8 Å². The molecule has 3 aromatic carbocycles. The zero-order chi connectivity index (χ0) is 20.6. The van der Waals surface area contributed by atoms with E-state index >= 15 is 0 Å². The Morgan fingerprint density at radius 1 is 0.966 bits per heavy atom. The zero-order valence-corrected chi connectivity index (χ0v) is 15.3. The van der Waals surface area contributed by atoms with E-state index in [1.807, 2.05) is 36.4 Å². The Hall–Kier alpha value is -4.38. The zero-order valence-electron chi connectivity index (χ0n) is 15.3. The third-order valence-corrected chi connectivity index (χ3v) is 3.98. The van der Waals surface area contributed by atoms with Crippen LogP contribution in [-0.2, 0) is 4.79 Å². The van der Waals surface area contributed by atoms with Gasteiger partial charge in [-0.15, -0.1) is 0 Å². The van der Waals surface area contributed by atoms with Crippen molar-refractivity contribution >= 4 is 34.3 Å². The molecule has 0 heterocycles. The van der Waals surface area contributed by atoms with Gasteiger partial charge >= 0.3 is 0 Å². The molecule has 0 aliphatic carbocycles. The molecule has 1 amide bonds. The van der Waals surface area contributed by atoms with Crippen molar-refractivity contribution in [1.82, 2.24) is 0 Å². The molecule has 29 heavy (non-hydrogen) atoms. The molecule has 8 heteroatoms. The van der Waals surface area contributed by atoms with Crippen molar-refractivity contribution in [2.75, 3.05) is 22.5 Å². The summed E-state index contributed by atoms with van der Waals surface area (Å²) in [6, 6.07) is 22.2. The average Bonchev–Trinajstić information content (AvgIpc) is 2.73. The lowest BCUT2D eigenvalue weighted by molar-refractivity contribution is -0.384. The molecule has 0 aromatic heterocycles. The molecule has 8 nitrogen and oxygen atoms in total. The molecule has 0 saturated carbocycles. The van der Waals surface area contributed by atoms with E-state index < -0.39 is 4.92 Å². The van der Waals surface area contributed by atoms with E-state index in [9.17, 15) is 14.9 Å². The molecule has 0 bridgehead atoms. The fraction of sp³-hybridized carbons (Fsp3) is 0.0476. The summed E-state index contributed by atoms with van der Waals surface area (Å²) in [4.78, 5) is 22.9. The van der Waals surface area contributed by atoms with Gasteiger partial charge in [0.2, 0.25) is 5.91 Å². The Kier molecular flexibility index (Phi) is 6.02. The number of nitrogens with zero attached hydrogens (tertiary/aromatic N) is 2. The van der Waals surface area contributed by atoms with Gasteiger partial charge in [0.15, 0.2) is 0 Å². The molecule has 0 radical (unpaired) electrons. The van der Waals surface area contributed by atoms with E-state index in [1.165, 1.54) is 12.1 Å². The van der Waals surface area contributed by atoms with Crippen LogP contribution in [0.4, 0.5) is 28.4 Å². The van der Waals surface area contributed by atoms with Gasteiger partial charge in [-0.25, -0.2) is 0 Å². The molecule has 0 unspecified atom stereocenters. The fourth-order valence-corrected chi connectivity index (χ4v) is 2.63. The van der Waals surface area contributed by atoms with E-state index in [2.05, 4.69) is 16.0 Å². The number of carbonyl (C=O) groups is 1. The quantitative estimate of drug-likeness (QED) is 0.411. The van der Waals surface area contributed by atoms with E-state index in [1.54, 1.807) is 30.3 Å². The number of hydrogen-bond donors (Lipinski definition) is 3. The fourth-order valence-electron chi connectivity index (χ4n) is 2.63. The molecular weight excluding hydrogens is 370 g/mol. The molecule has 3 N–H and O–H groups in total. The standard InChI is InChI=1S/C21H17N5O3/c22-13-15-5-4-8-17(11-15)25-21(27)14-23-20-12-18(26(28)29)9-10-19(20)24-16-6-2-1-3-7-16/h1-12,23-24H,14H2,(H,25,27). The number of para-hydroxylation sites is 1. The summed E-state index contributed by atoms with van der Waals surface area (Å²) in [6.45, 7) is -0.110. The van der Waals surface area contributed by atoms with Crippen molar-refractivity contribution in [2.45, 2.75) is 0 Å². The van der Waals surface area contributed by atoms with Crippen LogP contribution in [0.1, 0.15) is 5.56 Å². The summed E-state index contributed by atoms with van der Waals surface area (Å²) in [7, 11) is 0. The van der Waals surface area contributed by atoms with Crippen LogP contribution in [0.25, 0.3) is 0 Å². The van der Waals surface area contributed by atoms with Crippen molar-refractivity contribution in [3.8, 4) is 6.07 Å². The van der Waals surface area contributed by atoms with Gasteiger partial charge in [0.25, 0.3) is 5.69 Å². The average molecular weight is 387 g/mol. The lowest BCUT2D eigenvalue weighted by Crippen LogP contribution is -2.22. The maximum Gasteiger partial charge on any atom is 0.271 e. The van der Waals surface area contributed by atoms with Crippen LogP contribution in [0.5, 0.6) is 0 Å². The molecule has 0 saturated heterocycles. The first-order chi connectivity index (χ1) is 14.0. The van der Waals surface area contributed by atoms with E-state index in [0.717, 1.165) is 5.69 Å². The first-order valence-electron chi connectivity index (χ1n) is 8.69. The number of amides is 1. The van der Waals surface area contributed by atoms with Crippen LogP contribution in [0, 0.1) is 21.4 Å². The maximum absolute atomic E-state index is 12.3. The van der Waals surface area contributed by atoms with Crippen molar-refractivity contribution in [3.63, 3.8) is 0 Å². The normalized spacial score (nSPS) is 9.90. The molecule has 0 spiro atoms. The number of non-ortho nitro benzene ring substituents is 1. The third kappa shape index (κ3) is 5.30. The topological polar surface area (TPSA) is 120 Å². The molecule has 3 rings (SSSR count). The number of nitro benzene ring substituents is 1. The molecular formula is C21H17N5O3. The lowest BCUT2D eigenvalue weighted by atomic mass is 10.2. The minimum absolute atomic E-state index is 0.0896. The highest BCUT2D eigenvalue weighted by Gasteiger charge is 2.12. The second-order valence-electron chi connectivity index (χ2n) is 6.07. The Balaban J connectivity index is 1.73. The van der Waals surface area contributed by atoms with Crippen LogP contribution in [0.3, 0.4) is 0 Å². The van der Waals surface area contributed by atoms with Crippen LogP contribution >= 0.6 is 0 Å². The van der Waals surface area contributed by atoms with Gasteiger partial charge in [-0.05, 0) is 36.4 Å².